The maximum absolute atomic E-state index is 13.3. The van der Waals surface area contributed by atoms with Crippen molar-refractivity contribution in [3.05, 3.63) is 35.4 Å². The number of hydrogen-bond donors (Lipinski definition) is 1. The number of carbonyl (C=O) groups is 2. The zero-order valence-electron chi connectivity index (χ0n) is 13.1. The molecule has 2 fully saturated rings. The smallest absolute Gasteiger partial charge is 0.254 e. The highest BCUT2D eigenvalue weighted by Gasteiger charge is 2.29. The van der Waals surface area contributed by atoms with Gasteiger partial charge in [0, 0.05) is 43.4 Å². The average Bonchev–Trinajstić information content (AvgIpc) is 3.00. The molecule has 1 aromatic rings. The summed E-state index contributed by atoms with van der Waals surface area (Å²) in [4.78, 5) is 28.3. The van der Waals surface area contributed by atoms with Gasteiger partial charge in [0.25, 0.3) is 5.91 Å². The summed E-state index contributed by atoms with van der Waals surface area (Å²) in [5.74, 6) is -0.712. The highest BCUT2D eigenvalue weighted by atomic mass is 32.2. The number of benzene rings is 1. The molecule has 2 amide bonds. The van der Waals surface area contributed by atoms with Gasteiger partial charge in [-0.2, -0.15) is 0 Å². The molecule has 0 aromatic heterocycles. The zero-order valence-corrected chi connectivity index (χ0v) is 14.0. The van der Waals surface area contributed by atoms with E-state index in [9.17, 15) is 18.4 Å². The van der Waals surface area contributed by atoms with Crippen molar-refractivity contribution in [2.75, 3.05) is 37.8 Å². The molecule has 0 bridgehead atoms. The lowest BCUT2D eigenvalue weighted by Gasteiger charge is -2.24. The first-order valence-corrected chi connectivity index (χ1v) is 9.06. The topological polar surface area (TPSA) is 52.7 Å². The number of thioether (sulfide) groups is 1. The molecule has 130 valence electrons. The Bertz CT molecular complexity index is 638. The minimum absolute atomic E-state index is 0.0714. The second kappa shape index (κ2) is 7.48. The molecule has 1 N–H and O–H groups in total. The summed E-state index contributed by atoms with van der Waals surface area (Å²) < 4.78 is 26.3. The van der Waals surface area contributed by atoms with Crippen LogP contribution in [0.2, 0.25) is 0 Å². The molecular formula is C16H19F2N3O2S. The van der Waals surface area contributed by atoms with Gasteiger partial charge in [0.05, 0.1) is 6.04 Å². The fourth-order valence-corrected chi connectivity index (χ4v) is 3.86. The van der Waals surface area contributed by atoms with E-state index in [-0.39, 0.29) is 23.4 Å². The van der Waals surface area contributed by atoms with Crippen LogP contribution in [0.5, 0.6) is 0 Å². The molecule has 2 aliphatic rings. The Morgan fingerprint density at radius 2 is 1.83 bits per heavy atom. The normalized spacial score (nSPS) is 21.7. The van der Waals surface area contributed by atoms with Gasteiger partial charge in [-0.25, -0.2) is 8.78 Å². The third kappa shape index (κ3) is 3.70. The van der Waals surface area contributed by atoms with Crippen LogP contribution in [-0.4, -0.2) is 65.5 Å². The van der Waals surface area contributed by atoms with Crippen molar-refractivity contribution in [3.63, 3.8) is 0 Å². The van der Waals surface area contributed by atoms with Gasteiger partial charge in [0.1, 0.15) is 0 Å². The summed E-state index contributed by atoms with van der Waals surface area (Å²) in [7, 11) is 0. The lowest BCUT2D eigenvalue weighted by Crippen LogP contribution is -2.46. The second-order valence-corrected chi connectivity index (χ2v) is 6.90. The number of nitrogens with one attached hydrogen (secondary N) is 1. The van der Waals surface area contributed by atoms with Gasteiger partial charge in [0.15, 0.2) is 11.6 Å². The van der Waals surface area contributed by atoms with E-state index in [0.717, 1.165) is 23.8 Å². The molecule has 2 saturated heterocycles. The fourth-order valence-electron chi connectivity index (χ4n) is 2.93. The van der Waals surface area contributed by atoms with Crippen LogP contribution in [-0.2, 0) is 4.79 Å². The molecular weight excluding hydrogens is 336 g/mol. The molecule has 1 unspecified atom stereocenters. The van der Waals surface area contributed by atoms with Crippen molar-refractivity contribution >= 4 is 23.6 Å². The summed E-state index contributed by atoms with van der Waals surface area (Å²) in [5.41, 5.74) is 0.127. The van der Waals surface area contributed by atoms with Crippen molar-refractivity contribution < 1.29 is 18.4 Å². The van der Waals surface area contributed by atoms with E-state index >= 15 is 0 Å². The lowest BCUT2D eigenvalue weighted by atomic mass is 10.2. The minimum atomic E-state index is -1.03. The molecule has 0 spiro atoms. The van der Waals surface area contributed by atoms with Crippen molar-refractivity contribution in [2.24, 2.45) is 0 Å². The van der Waals surface area contributed by atoms with Gasteiger partial charge in [0.2, 0.25) is 5.91 Å². The van der Waals surface area contributed by atoms with Gasteiger partial charge in [-0.05, 0) is 24.6 Å². The van der Waals surface area contributed by atoms with E-state index < -0.39 is 11.6 Å². The van der Waals surface area contributed by atoms with Crippen LogP contribution in [0.3, 0.4) is 0 Å². The van der Waals surface area contributed by atoms with Crippen LogP contribution < -0.4 is 5.32 Å². The van der Waals surface area contributed by atoms with Crippen molar-refractivity contribution in [3.8, 4) is 0 Å². The first kappa shape index (κ1) is 17.2. The standard InChI is InChI=1S/C16H19F2N3O2S/c17-12-3-2-11(8-13(12)18)15(22)20-4-1-5-21(7-6-20)16(23)14-9-24-10-19-14/h2-3,8,14,19H,1,4-7,9-10H2. The van der Waals surface area contributed by atoms with E-state index in [0.29, 0.717) is 32.6 Å². The first-order chi connectivity index (χ1) is 11.6. The van der Waals surface area contributed by atoms with Gasteiger partial charge >= 0.3 is 0 Å². The molecule has 3 rings (SSSR count). The van der Waals surface area contributed by atoms with Crippen LogP contribution >= 0.6 is 11.8 Å². The van der Waals surface area contributed by atoms with Crippen molar-refractivity contribution in [1.29, 1.82) is 0 Å². The van der Waals surface area contributed by atoms with Crippen LogP contribution in [0, 0.1) is 11.6 Å². The SMILES string of the molecule is O=C(c1ccc(F)c(F)c1)N1CCCN(C(=O)C2CSCN2)CC1. The van der Waals surface area contributed by atoms with Crippen LogP contribution in [0.25, 0.3) is 0 Å². The number of carbonyl (C=O) groups excluding carboxylic acids is 2. The predicted molar refractivity (Wildman–Crippen MR) is 87.7 cm³/mol. The monoisotopic (exact) mass is 355 g/mol. The number of amides is 2. The Labute approximate surface area is 143 Å². The summed E-state index contributed by atoms with van der Waals surface area (Å²) in [5, 5.41) is 3.16. The Balaban J connectivity index is 1.63. The summed E-state index contributed by atoms with van der Waals surface area (Å²) in [6.07, 6.45) is 0.668. The van der Waals surface area contributed by atoms with Gasteiger partial charge < -0.3 is 9.80 Å². The number of hydrogen-bond acceptors (Lipinski definition) is 4. The maximum atomic E-state index is 13.3. The Hall–Kier alpha value is -1.67. The molecule has 8 heteroatoms. The number of nitrogens with zero attached hydrogens (tertiary/aromatic N) is 2. The third-order valence-corrected chi connectivity index (χ3v) is 5.22. The molecule has 5 nitrogen and oxygen atoms in total. The van der Waals surface area contributed by atoms with Gasteiger partial charge in [-0.15, -0.1) is 11.8 Å². The molecule has 2 heterocycles. The molecule has 0 radical (unpaired) electrons. The molecule has 1 atom stereocenters. The lowest BCUT2D eigenvalue weighted by molar-refractivity contribution is -0.132. The van der Waals surface area contributed by atoms with Crippen molar-refractivity contribution in [1.82, 2.24) is 15.1 Å². The highest BCUT2D eigenvalue weighted by molar-refractivity contribution is 7.99. The van der Waals surface area contributed by atoms with E-state index in [1.807, 2.05) is 0 Å². The Morgan fingerprint density at radius 1 is 1.08 bits per heavy atom. The van der Waals surface area contributed by atoms with E-state index in [1.165, 1.54) is 6.07 Å². The average molecular weight is 355 g/mol. The molecule has 24 heavy (non-hydrogen) atoms. The summed E-state index contributed by atoms with van der Waals surface area (Å²) >= 11 is 1.70. The van der Waals surface area contributed by atoms with Crippen LogP contribution in [0.15, 0.2) is 18.2 Å². The third-order valence-electron chi connectivity index (χ3n) is 4.28. The van der Waals surface area contributed by atoms with E-state index in [2.05, 4.69) is 5.32 Å². The Kier molecular flexibility index (Phi) is 5.35. The minimum Gasteiger partial charge on any atom is -0.339 e. The van der Waals surface area contributed by atoms with Gasteiger partial charge in [-0.3, -0.25) is 14.9 Å². The fraction of sp³-hybridized carbons (Fsp3) is 0.500. The summed E-state index contributed by atoms with van der Waals surface area (Å²) in [6.45, 7) is 1.94. The highest BCUT2D eigenvalue weighted by Crippen LogP contribution is 2.16. The predicted octanol–water partition coefficient (Wildman–Crippen LogP) is 1.30. The second-order valence-electron chi connectivity index (χ2n) is 5.87. The summed E-state index contributed by atoms with van der Waals surface area (Å²) in [6, 6.07) is 3.02. The Morgan fingerprint density at radius 3 is 2.54 bits per heavy atom. The van der Waals surface area contributed by atoms with Gasteiger partial charge in [-0.1, -0.05) is 0 Å². The number of halogens is 2. The maximum Gasteiger partial charge on any atom is 0.254 e. The quantitative estimate of drug-likeness (QED) is 0.869. The molecule has 2 aliphatic heterocycles. The van der Waals surface area contributed by atoms with Crippen LogP contribution in [0.4, 0.5) is 8.78 Å². The van der Waals surface area contributed by atoms with E-state index in [1.54, 1.807) is 21.6 Å². The first-order valence-electron chi connectivity index (χ1n) is 7.90. The molecule has 0 aliphatic carbocycles. The van der Waals surface area contributed by atoms with E-state index in [4.69, 9.17) is 0 Å². The molecule has 1 aromatic carbocycles. The number of rotatable bonds is 2. The van der Waals surface area contributed by atoms with Crippen molar-refractivity contribution in [2.45, 2.75) is 12.5 Å². The largest absolute Gasteiger partial charge is 0.339 e. The van der Waals surface area contributed by atoms with Crippen LogP contribution in [0.1, 0.15) is 16.8 Å². The molecule has 0 saturated carbocycles. The zero-order chi connectivity index (χ0) is 17.1.